The molecule has 3 nitrogen and oxygen atoms in total. The lowest BCUT2D eigenvalue weighted by molar-refractivity contribution is 0.112. The maximum Gasteiger partial charge on any atom is 0.213 e. The fourth-order valence-electron chi connectivity index (χ4n) is 2.17. The Balaban J connectivity index is 1.72. The Bertz CT molecular complexity index is 801. The number of carbonyl (C=O) groups excluding carboxylic acids is 1. The molecule has 0 spiro atoms. The van der Waals surface area contributed by atoms with Gasteiger partial charge in [-0.05, 0) is 29.3 Å². The van der Waals surface area contributed by atoms with Crippen LogP contribution in [-0.4, -0.2) is 11.3 Å². The number of hydrogen-bond acceptors (Lipinski definition) is 3. The highest BCUT2D eigenvalue weighted by Crippen LogP contribution is 2.22. The summed E-state index contributed by atoms with van der Waals surface area (Å²) in [5, 5.41) is 0. The van der Waals surface area contributed by atoms with Crippen LogP contribution in [0.5, 0.6) is 5.88 Å². The summed E-state index contributed by atoms with van der Waals surface area (Å²) in [6, 6.07) is 17.8. The summed E-state index contributed by atoms with van der Waals surface area (Å²) in [7, 11) is 0. The van der Waals surface area contributed by atoms with E-state index in [1.807, 2.05) is 36.4 Å². The van der Waals surface area contributed by atoms with Crippen LogP contribution >= 0.6 is 0 Å². The van der Waals surface area contributed by atoms with Crippen molar-refractivity contribution in [1.82, 2.24) is 4.98 Å². The van der Waals surface area contributed by atoms with Gasteiger partial charge in [-0.15, -0.1) is 0 Å². The predicted octanol–water partition coefficient (Wildman–Crippen LogP) is 4.28. The first-order chi connectivity index (χ1) is 11.3. The van der Waals surface area contributed by atoms with Gasteiger partial charge in [0.05, 0.1) is 5.56 Å². The van der Waals surface area contributed by atoms with Crippen molar-refractivity contribution in [3.8, 4) is 17.0 Å². The summed E-state index contributed by atoms with van der Waals surface area (Å²) in [5.74, 6) is -0.0375. The standard InChI is InChI=1S/C19H14FNO2/c20-18-10-15(6-7-17(18)12-22)16-8-9-19(21-11-16)23-13-14-4-2-1-3-5-14/h1-12H,13H2. The number of benzene rings is 2. The van der Waals surface area contributed by atoms with Crippen LogP contribution in [0.1, 0.15) is 15.9 Å². The van der Waals surface area contributed by atoms with E-state index in [2.05, 4.69) is 4.98 Å². The molecule has 0 bridgehead atoms. The molecule has 0 N–H and O–H groups in total. The molecule has 0 radical (unpaired) electrons. The average Bonchev–Trinajstić information content (AvgIpc) is 2.61. The zero-order valence-corrected chi connectivity index (χ0v) is 12.3. The molecule has 2 aromatic carbocycles. The van der Waals surface area contributed by atoms with Crippen LogP contribution < -0.4 is 4.74 Å². The number of aromatic nitrogens is 1. The first-order valence-corrected chi connectivity index (χ1v) is 7.14. The number of carbonyl (C=O) groups is 1. The molecule has 1 heterocycles. The molecule has 0 aliphatic carbocycles. The summed E-state index contributed by atoms with van der Waals surface area (Å²) in [6.07, 6.45) is 2.12. The summed E-state index contributed by atoms with van der Waals surface area (Å²) < 4.78 is 19.3. The quantitative estimate of drug-likeness (QED) is 0.660. The van der Waals surface area contributed by atoms with Crippen LogP contribution in [0.15, 0.2) is 66.9 Å². The largest absolute Gasteiger partial charge is 0.473 e. The summed E-state index contributed by atoms with van der Waals surface area (Å²) in [5.41, 5.74) is 2.53. The molecule has 0 amide bonds. The Morgan fingerprint density at radius 2 is 1.78 bits per heavy atom. The molecule has 0 saturated heterocycles. The van der Waals surface area contributed by atoms with Gasteiger partial charge in [0.15, 0.2) is 6.29 Å². The van der Waals surface area contributed by atoms with Gasteiger partial charge in [-0.2, -0.15) is 0 Å². The van der Waals surface area contributed by atoms with E-state index >= 15 is 0 Å². The Kier molecular flexibility index (Phi) is 4.43. The number of hydrogen-bond donors (Lipinski definition) is 0. The first-order valence-electron chi connectivity index (χ1n) is 7.14. The molecular formula is C19H14FNO2. The van der Waals surface area contributed by atoms with Crippen molar-refractivity contribution in [2.45, 2.75) is 6.61 Å². The fourth-order valence-corrected chi connectivity index (χ4v) is 2.17. The predicted molar refractivity (Wildman–Crippen MR) is 85.8 cm³/mol. The number of aldehydes is 1. The Hall–Kier alpha value is -3.01. The van der Waals surface area contributed by atoms with E-state index in [0.29, 0.717) is 24.3 Å². The van der Waals surface area contributed by atoms with Crippen LogP contribution in [-0.2, 0) is 6.61 Å². The minimum Gasteiger partial charge on any atom is -0.473 e. The molecule has 3 rings (SSSR count). The number of rotatable bonds is 5. The van der Waals surface area contributed by atoms with Gasteiger partial charge in [-0.1, -0.05) is 36.4 Å². The zero-order chi connectivity index (χ0) is 16.1. The third-order valence-electron chi connectivity index (χ3n) is 3.43. The summed E-state index contributed by atoms with van der Waals surface area (Å²) in [4.78, 5) is 14.9. The number of ether oxygens (including phenoxy) is 1. The molecule has 0 aliphatic heterocycles. The average molecular weight is 307 g/mol. The van der Waals surface area contributed by atoms with Crippen molar-refractivity contribution < 1.29 is 13.9 Å². The Morgan fingerprint density at radius 3 is 2.43 bits per heavy atom. The number of nitrogens with zero attached hydrogens (tertiary/aromatic N) is 1. The van der Waals surface area contributed by atoms with E-state index in [-0.39, 0.29) is 5.56 Å². The summed E-state index contributed by atoms with van der Waals surface area (Å²) >= 11 is 0. The van der Waals surface area contributed by atoms with Crippen LogP contribution in [0.3, 0.4) is 0 Å². The topological polar surface area (TPSA) is 39.2 Å². The zero-order valence-electron chi connectivity index (χ0n) is 12.3. The maximum absolute atomic E-state index is 13.6. The highest BCUT2D eigenvalue weighted by Gasteiger charge is 2.05. The van der Waals surface area contributed by atoms with E-state index in [0.717, 1.165) is 11.1 Å². The Morgan fingerprint density at radius 1 is 1.00 bits per heavy atom. The van der Waals surface area contributed by atoms with Gasteiger partial charge in [0, 0.05) is 17.8 Å². The second kappa shape index (κ2) is 6.83. The lowest BCUT2D eigenvalue weighted by atomic mass is 10.1. The van der Waals surface area contributed by atoms with Crippen LogP contribution in [0, 0.1) is 5.82 Å². The van der Waals surface area contributed by atoms with Crippen LogP contribution in [0.2, 0.25) is 0 Å². The van der Waals surface area contributed by atoms with E-state index in [4.69, 9.17) is 4.74 Å². The van der Waals surface area contributed by atoms with E-state index in [9.17, 15) is 9.18 Å². The van der Waals surface area contributed by atoms with Gasteiger partial charge in [0.25, 0.3) is 0 Å². The third-order valence-corrected chi connectivity index (χ3v) is 3.43. The van der Waals surface area contributed by atoms with Crippen molar-refractivity contribution in [1.29, 1.82) is 0 Å². The Labute approximate surface area is 133 Å². The SMILES string of the molecule is O=Cc1ccc(-c2ccc(OCc3ccccc3)nc2)cc1F. The van der Waals surface area contributed by atoms with Gasteiger partial charge >= 0.3 is 0 Å². The highest BCUT2D eigenvalue weighted by molar-refractivity contribution is 5.77. The first kappa shape index (κ1) is 14.9. The normalized spacial score (nSPS) is 10.3. The molecule has 1 aromatic heterocycles. The molecule has 114 valence electrons. The van der Waals surface area contributed by atoms with Gasteiger partial charge in [-0.25, -0.2) is 9.37 Å². The van der Waals surface area contributed by atoms with Gasteiger partial charge in [-0.3, -0.25) is 4.79 Å². The van der Waals surface area contributed by atoms with Crippen molar-refractivity contribution in [3.05, 3.63) is 83.8 Å². The molecule has 0 fully saturated rings. The fraction of sp³-hybridized carbons (Fsp3) is 0.0526. The van der Waals surface area contributed by atoms with Crippen molar-refractivity contribution in [2.24, 2.45) is 0 Å². The smallest absolute Gasteiger partial charge is 0.213 e. The van der Waals surface area contributed by atoms with Crippen molar-refractivity contribution in [3.63, 3.8) is 0 Å². The molecule has 3 aromatic rings. The monoisotopic (exact) mass is 307 g/mol. The van der Waals surface area contributed by atoms with Gasteiger partial charge in [0.1, 0.15) is 12.4 Å². The molecule has 4 heteroatoms. The minimum atomic E-state index is -0.540. The maximum atomic E-state index is 13.6. The molecule has 0 aliphatic rings. The third kappa shape index (κ3) is 3.61. The van der Waals surface area contributed by atoms with Crippen molar-refractivity contribution >= 4 is 6.29 Å². The van der Waals surface area contributed by atoms with Gasteiger partial charge < -0.3 is 4.74 Å². The molecule has 0 saturated carbocycles. The second-order valence-electron chi connectivity index (χ2n) is 5.01. The second-order valence-corrected chi connectivity index (χ2v) is 5.01. The van der Waals surface area contributed by atoms with E-state index in [1.165, 1.54) is 12.1 Å². The number of pyridine rings is 1. The van der Waals surface area contributed by atoms with Crippen LogP contribution in [0.25, 0.3) is 11.1 Å². The van der Waals surface area contributed by atoms with Crippen molar-refractivity contribution in [2.75, 3.05) is 0 Å². The van der Waals surface area contributed by atoms with Crippen LogP contribution in [0.4, 0.5) is 4.39 Å². The van der Waals surface area contributed by atoms with E-state index < -0.39 is 5.82 Å². The lowest BCUT2D eigenvalue weighted by Gasteiger charge is -2.07. The molecule has 0 atom stereocenters. The minimum absolute atomic E-state index is 0.0459. The lowest BCUT2D eigenvalue weighted by Crippen LogP contribution is -1.97. The van der Waals surface area contributed by atoms with E-state index in [1.54, 1.807) is 18.3 Å². The number of halogens is 1. The molecular weight excluding hydrogens is 293 g/mol. The summed E-state index contributed by atoms with van der Waals surface area (Å²) in [6.45, 7) is 0.440. The molecule has 0 unspecified atom stereocenters. The van der Waals surface area contributed by atoms with Gasteiger partial charge in [0.2, 0.25) is 5.88 Å². The molecule has 23 heavy (non-hydrogen) atoms. The highest BCUT2D eigenvalue weighted by atomic mass is 19.1.